The molecule has 0 fully saturated rings. The first kappa shape index (κ1) is 34.2. The van der Waals surface area contributed by atoms with Crippen LogP contribution in [-0.2, 0) is 0 Å². The molecule has 7 heterocycles. The summed E-state index contributed by atoms with van der Waals surface area (Å²) in [5, 5.41) is 3.72. The van der Waals surface area contributed by atoms with E-state index < -0.39 is 0 Å². The highest BCUT2D eigenvalue weighted by atomic mass is 32.1. The summed E-state index contributed by atoms with van der Waals surface area (Å²) in [6.07, 6.45) is 8.74. The lowest BCUT2D eigenvalue weighted by Gasteiger charge is -2.40. The average Bonchev–Trinajstić information content (AvgIpc) is 3.93. The zero-order valence-corrected chi connectivity index (χ0v) is 35.0. The molecule has 12 rings (SSSR count). The van der Waals surface area contributed by atoms with E-state index in [1.165, 1.54) is 80.2 Å². The van der Waals surface area contributed by atoms with Crippen molar-refractivity contribution in [3.63, 3.8) is 0 Å². The lowest BCUT2D eigenvalue weighted by Crippen LogP contribution is -2.57. The van der Waals surface area contributed by atoms with Crippen LogP contribution in [0.2, 0.25) is 0 Å². The SMILES string of the molecule is C#CC1=C2B(c3sc4c(c3O1)Oc1cccc3c1B4c1sc4ccccc4c1N3c1c(C)cccc1C)c1c(sc3ccccc13)N(c1c(C)cccc1C)/C2=C/C. The number of hydrogen-bond acceptors (Lipinski definition) is 7. The fraction of sp³-hybridized carbons (Fsp3) is 0.102. The molecule has 58 heavy (non-hydrogen) atoms. The fourth-order valence-electron chi connectivity index (χ4n) is 10.1. The van der Waals surface area contributed by atoms with Crippen LogP contribution in [0.3, 0.4) is 0 Å². The summed E-state index contributed by atoms with van der Waals surface area (Å²) in [6.45, 7) is 10.8. The second-order valence-electron chi connectivity index (χ2n) is 15.6. The van der Waals surface area contributed by atoms with Gasteiger partial charge in [0.25, 0.3) is 13.4 Å². The van der Waals surface area contributed by atoms with Gasteiger partial charge in [-0.2, -0.15) is 11.3 Å². The van der Waals surface area contributed by atoms with Gasteiger partial charge in [0.05, 0.1) is 22.1 Å². The molecule has 0 saturated carbocycles. The molecule has 0 saturated heterocycles. The molecule has 8 aromatic rings. The minimum absolute atomic E-state index is 0.0468. The van der Waals surface area contributed by atoms with Crippen molar-refractivity contribution in [1.82, 2.24) is 0 Å². The quantitative estimate of drug-likeness (QED) is 0.128. The zero-order valence-electron chi connectivity index (χ0n) is 32.6. The first-order chi connectivity index (χ1) is 28.4. The van der Waals surface area contributed by atoms with E-state index in [2.05, 4.69) is 160 Å². The largest absolute Gasteiger partial charge is 0.454 e. The normalized spacial score (nSPS) is 15.4. The van der Waals surface area contributed by atoms with Crippen molar-refractivity contribution >= 4 is 121 Å². The molecule has 0 atom stereocenters. The van der Waals surface area contributed by atoms with E-state index in [1.807, 2.05) is 34.0 Å². The lowest BCUT2D eigenvalue weighted by molar-refractivity contribution is 0.406. The van der Waals surface area contributed by atoms with Gasteiger partial charge >= 0.3 is 0 Å². The van der Waals surface area contributed by atoms with Crippen molar-refractivity contribution in [3.05, 3.63) is 148 Å². The standard InChI is InChI=1S/C49H34B2N2O2S3/c1-7-32-39-34(8-2)54-44-45-48(58-47(44)50(39)38-30-20-9-11-24-36(30)57-49(38)53(32)42-28(5)18-14-19-29(42)6)51-40-33(22-15-23-35(40)55-45)52(41-26(3)16-13-17-27(41)4)43-31-21-10-12-25-37(31)56-46(43)51/h2,7,9-25H,1,3-6H3/b32-7+. The van der Waals surface area contributed by atoms with Crippen molar-refractivity contribution in [3.8, 4) is 29.6 Å². The van der Waals surface area contributed by atoms with Gasteiger partial charge in [-0.15, -0.1) is 29.1 Å². The average molecular weight is 801 g/mol. The van der Waals surface area contributed by atoms with E-state index in [4.69, 9.17) is 15.9 Å². The highest BCUT2D eigenvalue weighted by Crippen LogP contribution is 2.52. The van der Waals surface area contributed by atoms with Gasteiger partial charge in [0.1, 0.15) is 5.75 Å². The molecule has 0 amide bonds. The van der Waals surface area contributed by atoms with E-state index in [1.54, 1.807) is 0 Å². The number of fused-ring (bicyclic) bond motifs is 14. The Morgan fingerprint density at radius 2 is 1.19 bits per heavy atom. The maximum atomic E-state index is 7.15. The van der Waals surface area contributed by atoms with Crippen LogP contribution in [0.1, 0.15) is 29.2 Å². The summed E-state index contributed by atoms with van der Waals surface area (Å²) in [7, 11) is 0. The molecule has 0 N–H and O–H groups in total. The molecular formula is C49H34B2N2O2S3. The number of terminal acetylenes is 1. The molecule has 276 valence electrons. The summed E-state index contributed by atoms with van der Waals surface area (Å²) >= 11 is 5.58. The summed E-state index contributed by atoms with van der Waals surface area (Å²) in [4.78, 5) is 4.95. The van der Waals surface area contributed by atoms with Gasteiger partial charge in [0.2, 0.25) is 0 Å². The number of hydrogen-bond donors (Lipinski definition) is 0. The van der Waals surface area contributed by atoms with Crippen LogP contribution in [0.25, 0.3) is 20.2 Å². The van der Waals surface area contributed by atoms with Crippen molar-refractivity contribution in [2.75, 3.05) is 9.80 Å². The number of anilines is 5. The molecule has 4 aliphatic heterocycles. The van der Waals surface area contributed by atoms with Gasteiger partial charge < -0.3 is 19.3 Å². The third-order valence-corrected chi connectivity index (χ3v) is 16.0. The zero-order chi connectivity index (χ0) is 39.1. The maximum absolute atomic E-state index is 7.15. The highest BCUT2D eigenvalue weighted by molar-refractivity contribution is 7.42. The monoisotopic (exact) mass is 800 g/mol. The molecule has 0 radical (unpaired) electrons. The number of ether oxygens (including phenoxy) is 2. The van der Waals surface area contributed by atoms with E-state index >= 15 is 0 Å². The third-order valence-electron chi connectivity index (χ3n) is 12.4. The van der Waals surface area contributed by atoms with Crippen LogP contribution >= 0.6 is 34.0 Å². The Bertz CT molecular complexity index is 3210. The van der Waals surface area contributed by atoms with Crippen LogP contribution in [-0.4, -0.2) is 13.4 Å². The third kappa shape index (κ3) is 4.38. The van der Waals surface area contributed by atoms with Crippen LogP contribution in [0.4, 0.5) is 27.8 Å². The van der Waals surface area contributed by atoms with E-state index in [-0.39, 0.29) is 13.4 Å². The Kier molecular flexibility index (Phi) is 7.24. The van der Waals surface area contributed by atoms with Crippen molar-refractivity contribution < 1.29 is 9.47 Å². The smallest absolute Gasteiger partial charge is 0.281 e. The molecule has 0 unspecified atom stereocenters. The second kappa shape index (κ2) is 12.3. The molecule has 4 nitrogen and oxygen atoms in total. The summed E-state index contributed by atoms with van der Waals surface area (Å²) in [5.74, 6) is 5.97. The van der Waals surface area contributed by atoms with Crippen LogP contribution < -0.4 is 44.5 Å². The molecule has 3 aromatic heterocycles. The first-order valence-electron chi connectivity index (χ1n) is 19.7. The summed E-state index contributed by atoms with van der Waals surface area (Å²) < 4.78 is 20.3. The number of allylic oxidation sites excluding steroid dienone is 3. The Balaban J connectivity index is 1.14. The summed E-state index contributed by atoms with van der Waals surface area (Å²) in [6, 6.07) is 37.3. The molecule has 4 aliphatic rings. The Labute approximate surface area is 350 Å². The topological polar surface area (TPSA) is 24.9 Å². The van der Waals surface area contributed by atoms with Gasteiger partial charge in [0.15, 0.2) is 17.3 Å². The van der Waals surface area contributed by atoms with Gasteiger partial charge in [-0.1, -0.05) is 84.9 Å². The molecule has 9 heteroatoms. The van der Waals surface area contributed by atoms with Gasteiger partial charge in [-0.3, -0.25) is 0 Å². The van der Waals surface area contributed by atoms with Crippen molar-refractivity contribution in [1.29, 1.82) is 0 Å². The van der Waals surface area contributed by atoms with Crippen LogP contribution in [0.5, 0.6) is 17.2 Å². The Morgan fingerprint density at radius 1 is 0.586 bits per heavy atom. The maximum Gasteiger partial charge on any atom is 0.281 e. The van der Waals surface area contributed by atoms with Crippen LogP contribution in [0, 0.1) is 40.0 Å². The molecule has 0 bridgehead atoms. The van der Waals surface area contributed by atoms with Gasteiger partial charge in [0, 0.05) is 46.0 Å². The number of rotatable bonds is 2. The number of benzene rings is 5. The number of thiophene rings is 3. The van der Waals surface area contributed by atoms with E-state index in [0.717, 1.165) is 43.7 Å². The highest BCUT2D eigenvalue weighted by Gasteiger charge is 2.52. The number of nitrogens with zero attached hydrogens (tertiary/aromatic N) is 2. The minimum Gasteiger partial charge on any atom is -0.454 e. The van der Waals surface area contributed by atoms with Crippen LogP contribution in [0.15, 0.2) is 126 Å². The molecule has 0 spiro atoms. The van der Waals surface area contributed by atoms with Crippen molar-refractivity contribution in [2.24, 2.45) is 0 Å². The minimum atomic E-state index is -0.147. The fourth-order valence-corrected chi connectivity index (χ4v) is 14.1. The summed E-state index contributed by atoms with van der Waals surface area (Å²) in [5.41, 5.74) is 14.3. The second-order valence-corrected chi connectivity index (χ2v) is 18.8. The van der Waals surface area contributed by atoms with Gasteiger partial charge in [-0.05, 0) is 103 Å². The van der Waals surface area contributed by atoms with Crippen molar-refractivity contribution in [2.45, 2.75) is 34.6 Å². The van der Waals surface area contributed by atoms with Gasteiger partial charge in [-0.25, -0.2) is 0 Å². The molecule has 5 aromatic carbocycles. The predicted molar refractivity (Wildman–Crippen MR) is 250 cm³/mol. The number of para-hydroxylation sites is 2. The van der Waals surface area contributed by atoms with E-state index in [9.17, 15) is 0 Å². The lowest BCUT2D eigenvalue weighted by atomic mass is 9.36. The Hall–Kier alpha value is -5.91. The molecule has 0 aliphatic carbocycles. The Morgan fingerprint density at radius 3 is 1.88 bits per heavy atom. The first-order valence-corrected chi connectivity index (χ1v) is 22.1. The van der Waals surface area contributed by atoms with E-state index in [0.29, 0.717) is 5.76 Å². The number of aryl methyl sites for hydroxylation is 4. The molecular weight excluding hydrogens is 766 g/mol. The predicted octanol–water partition coefficient (Wildman–Crippen LogP) is 10.3.